The number of fused-ring (bicyclic) bond motifs is 1. The quantitative estimate of drug-likeness (QED) is 0.757. The Hall–Kier alpha value is -0.920. The van der Waals surface area contributed by atoms with Crippen molar-refractivity contribution in [1.82, 2.24) is 14.7 Å². The van der Waals surface area contributed by atoms with E-state index in [2.05, 4.69) is 10.3 Å². The van der Waals surface area contributed by atoms with Crippen LogP contribution in [0.25, 0.3) is 4.96 Å². The summed E-state index contributed by atoms with van der Waals surface area (Å²) in [5, 5.41) is 20.1. The highest BCUT2D eigenvalue weighted by Gasteiger charge is 2.23. The van der Waals surface area contributed by atoms with Crippen LogP contribution in [-0.4, -0.2) is 21.0 Å². The van der Waals surface area contributed by atoms with Gasteiger partial charge in [-0.2, -0.15) is 11.3 Å². The van der Waals surface area contributed by atoms with Gasteiger partial charge in [0.15, 0.2) is 10.1 Å². The maximum atomic E-state index is 10.4. The zero-order chi connectivity index (χ0) is 14.2. The summed E-state index contributed by atoms with van der Waals surface area (Å²) in [6.07, 6.45) is 1.95. The highest BCUT2D eigenvalue weighted by Crippen LogP contribution is 2.23. The molecule has 0 fully saturated rings. The molecule has 0 aliphatic carbocycles. The smallest absolute Gasteiger partial charge is 0.195 e. The van der Waals surface area contributed by atoms with E-state index >= 15 is 0 Å². The largest absolute Gasteiger partial charge is 0.384 e. The first kappa shape index (κ1) is 14.0. The molecule has 0 spiro atoms. The Labute approximate surface area is 129 Å². The number of nitrogens with one attached hydrogen (secondary N) is 1. The van der Waals surface area contributed by atoms with Crippen LogP contribution in [0.3, 0.4) is 0 Å². The molecule has 3 aromatic rings. The Morgan fingerprint density at radius 3 is 3.10 bits per heavy atom. The summed E-state index contributed by atoms with van der Waals surface area (Å²) in [5.41, 5.74) is 0.962. The summed E-state index contributed by atoms with van der Waals surface area (Å²) in [5.74, 6) is 0. The predicted molar refractivity (Wildman–Crippen MR) is 83.7 cm³/mol. The summed E-state index contributed by atoms with van der Waals surface area (Å²) < 4.78 is 1.97. The van der Waals surface area contributed by atoms with Gasteiger partial charge in [-0.05, 0) is 29.3 Å². The molecule has 0 bridgehead atoms. The third-order valence-corrected chi connectivity index (χ3v) is 4.96. The fourth-order valence-corrected chi connectivity index (χ4v) is 3.87. The number of halogens is 1. The van der Waals surface area contributed by atoms with E-state index in [1.807, 2.05) is 32.8 Å². The molecule has 0 radical (unpaired) electrons. The van der Waals surface area contributed by atoms with E-state index in [0.29, 0.717) is 18.2 Å². The highest BCUT2D eigenvalue weighted by molar-refractivity contribution is 7.15. The van der Waals surface area contributed by atoms with Gasteiger partial charge in [-0.1, -0.05) is 11.6 Å². The summed E-state index contributed by atoms with van der Waals surface area (Å²) in [6.45, 7) is 2.83. The van der Waals surface area contributed by atoms with E-state index < -0.39 is 5.60 Å². The molecular weight excluding hydrogens is 314 g/mol. The van der Waals surface area contributed by atoms with Crippen molar-refractivity contribution in [2.45, 2.75) is 19.1 Å². The number of rotatable bonds is 5. The summed E-state index contributed by atoms with van der Waals surface area (Å²) in [4.78, 5) is 5.17. The minimum Gasteiger partial charge on any atom is -0.384 e. The first-order valence-corrected chi connectivity index (χ1v) is 8.34. The SMILES string of the molecule is CC(O)(CNCc1c(Cl)nc2sccn12)c1ccsc1. The van der Waals surface area contributed by atoms with Crippen LogP contribution >= 0.6 is 34.3 Å². The van der Waals surface area contributed by atoms with E-state index in [4.69, 9.17) is 11.6 Å². The van der Waals surface area contributed by atoms with Crippen molar-refractivity contribution >= 4 is 39.2 Å². The van der Waals surface area contributed by atoms with Crippen molar-refractivity contribution < 1.29 is 5.11 Å². The molecular formula is C13H14ClN3OS2. The van der Waals surface area contributed by atoms with Gasteiger partial charge in [-0.25, -0.2) is 4.98 Å². The maximum absolute atomic E-state index is 10.4. The van der Waals surface area contributed by atoms with E-state index in [9.17, 15) is 5.11 Å². The molecule has 7 heteroatoms. The minimum absolute atomic E-state index is 0.456. The molecule has 2 N–H and O–H groups in total. The lowest BCUT2D eigenvalue weighted by molar-refractivity contribution is 0.0570. The standard InChI is InChI=1S/C13H14ClN3OS2/c1-13(18,9-2-4-19-7-9)8-15-6-10-11(14)16-12-17(10)3-5-20-12/h2-5,7,15,18H,6,8H2,1H3. The number of hydrogen-bond donors (Lipinski definition) is 2. The van der Waals surface area contributed by atoms with Gasteiger partial charge in [0.2, 0.25) is 0 Å². The monoisotopic (exact) mass is 327 g/mol. The summed E-state index contributed by atoms with van der Waals surface area (Å²) >= 11 is 9.26. The number of imidazole rings is 1. The Kier molecular flexibility index (Phi) is 3.83. The number of thiazole rings is 1. The van der Waals surface area contributed by atoms with Crippen LogP contribution in [0.1, 0.15) is 18.2 Å². The van der Waals surface area contributed by atoms with Crippen LogP contribution in [0.4, 0.5) is 0 Å². The zero-order valence-electron chi connectivity index (χ0n) is 10.8. The van der Waals surface area contributed by atoms with Crippen LogP contribution in [0.15, 0.2) is 28.4 Å². The molecule has 20 heavy (non-hydrogen) atoms. The lowest BCUT2D eigenvalue weighted by Crippen LogP contribution is -2.35. The topological polar surface area (TPSA) is 49.6 Å². The van der Waals surface area contributed by atoms with Crippen molar-refractivity contribution in [2.75, 3.05) is 6.54 Å². The molecule has 0 saturated heterocycles. The van der Waals surface area contributed by atoms with Crippen LogP contribution in [0, 0.1) is 0 Å². The molecule has 3 aromatic heterocycles. The van der Waals surface area contributed by atoms with Gasteiger partial charge in [0.25, 0.3) is 0 Å². The lowest BCUT2D eigenvalue weighted by Gasteiger charge is -2.22. The van der Waals surface area contributed by atoms with Gasteiger partial charge >= 0.3 is 0 Å². The Morgan fingerprint density at radius 2 is 2.35 bits per heavy atom. The fourth-order valence-electron chi connectivity index (χ4n) is 2.06. The molecule has 0 aromatic carbocycles. The third kappa shape index (κ3) is 2.62. The minimum atomic E-state index is -0.884. The average molecular weight is 328 g/mol. The van der Waals surface area contributed by atoms with Gasteiger partial charge in [0.1, 0.15) is 0 Å². The maximum Gasteiger partial charge on any atom is 0.195 e. The summed E-state index contributed by atoms with van der Waals surface area (Å²) in [7, 11) is 0. The van der Waals surface area contributed by atoms with Gasteiger partial charge in [0.05, 0.1) is 11.3 Å². The molecule has 3 heterocycles. The van der Waals surface area contributed by atoms with Gasteiger partial charge in [-0.15, -0.1) is 11.3 Å². The van der Waals surface area contributed by atoms with Crippen molar-refractivity contribution in [3.05, 3.63) is 44.8 Å². The van der Waals surface area contributed by atoms with E-state index in [0.717, 1.165) is 16.2 Å². The van der Waals surface area contributed by atoms with Crippen molar-refractivity contribution in [3.8, 4) is 0 Å². The lowest BCUT2D eigenvalue weighted by atomic mass is 9.99. The molecule has 0 amide bonds. The molecule has 0 saturated carbocycles. The second-order valence-corrected chi connectivity index (χ2v) is 6.81. The number of hydrogen-bond acceptors (Lipinski definition) is 5. The Morgan fingerprint density at radius 1 is 1.50 bits per heavy atom. The van der Waals surface area contributed by atoms with Gasteiger partial charge < -0.3 is 10.4 Å². The average Bonchev–Trinajstić information content (AvgIpc) is 3.08. The van der Waals surface area contributed by atoms with Crippen LogP contribution in [0.2, 0.25) is 5.15 Å². The predicted octanol–water partition coefficient (Wildman–Crippen LogP) is 3.11. The van der Waals surface area contributed by atoms with Crippen LogP contribution in [-0.2, 0) is 12.1 Å². The van der Waals surface area contributed by atoms with E-state index in [1.165, 1.54) is 0 Å². The second kappa shape index (κ2) is 5.46. The van der Waals surface area contributed by atoms with E-state index in [-0.39, 0.29) is 0 Å². The van der Waals surface area contributed by atoms with Crippen molar-refractivity contribution in [3.63, 3.8) is 0 Å². The Bertz CT molecular complexity index is 702. The molecule has 3 rings (SSSR count). The number of aliphatic hydroxyl groups is 1. The number of thiophene rings is 1. The molecule has 0 aliphatic rings. The molecule has 4 nitrogen and oxygen atoms in total. The van der Waals surface area contributed by atoms with Crippen molar-refractivity contribution in [1.29, 1.82) is 0 Å². The van der Waals surface area contributed by atoms with Gasteiger partial charge in [0, 0.05) is 24.7 Å². The molecule has 0 aliphatic heterocycles. The molecule has 1 atom stereocenters. The first-order valence-electron chi connectivity index (χ1n) is 6.13. The number of aromatic nitrogens is 2. The van der Waals surface area contributed by atoms with Crippen LogP contribution in [0.5, 0.6) is 0 Å². The normalized spacial score (nSPS) is 14.8. The van der Waals surface area contributed by atoms with Crippen molar-refractivity contribution in [2.24, 2.45) is 0 Å². The number of nitrogens with zero attached hydrogens (tertiary/aromatic N) is 2. The highest BCUT2D eigenvalue weighted by atomic mass is 35.5. The molecule has 106 valence electrons. The van der Waals surface area contributed by atoms with Gasteiger partial charge in [-0.3, -0.25) is 4.40 Å². The first-order chi connectivity index (χ1) is 9.58. The van der Waals surface area contributed by atoms with Crippen LogP contribution < -0.4 is 5.32 Å². The van der Waals surface area contributed by atoms with E-state index in [1.54, 1.807) is 29.6 Å². The molecule has 1 unspecified atom stereocenters. The zero-order valence-corrected chi connectivity index (χ0v) is 13.2. The third-order valence-electron chi connectivity index (χ3n) is 3.22. The Balaban J connectivity index is 1.68. The summed E-state index contributed by atoms with van der Waals surface area (Å²) in [6, 6.07) is 1.94. The second-order valence-electron chi connectivity index (χ2n) is 4.79. The fraction of sp³-hybridized carbons (Fsp3) is 0.308.